The Morgan fingerprint density at radius 3 is 2.25 bits per heavy atom. The van der Waals surface area contributed by atoms with Crippen molar-refractivity contribution in [3.63, 3.8) is 0 Å². The number of nitrogens with one attached hydrogen (secondary N) is 1. The van der Waals surface area contributed by atoms with Gasteiger partial charge in [0.1, 0.15) is 0 Å². The van der Waals surface area contributed by atoms with Crippen molar-refractivity contribution in [2.45, 2.75) is 10.9 Å². The predicted molar refractivity (Wildman–Crippen MR) is 87.7 cm³/mol. The Morgan fingerprint density at radius 2 is 1.65 bits per heavy atom. The Kier molecular flexibility index (Phi) is 5.14. The molecule has 0 saturated heterocycles. The van der Waals surface area contributed by atoms with E-state index in [4.69, 9.17) is 5.73 Å². The van der Waals surface area contributed by atoms with E-state index in [-0.39, 0.29) is 17.5 Å². The maximum Gasteiger partial charge on any atom is 0.240 e. The highest BCUT2D eigenvalue weighted by molar-refractivity contribution is 14.1. The first-order valence-corrected chi connectivity index (χ1v) is 8.61. The molecule has 0 spiro atoms. The summed E-state index contributed by atoms with van der Waals surface area (Å²) >= 11 is 2.13. The van der Waals surface area contributed by atoms with Crippen molar-refractivity contribution in [1.82, 2.24) is 4.72 Å². The summed E-state index contributed by atoms with van der Waals surface area (Å²) in [5, 5.41) is 0. The highest BCUT2D eigenvalue weighted by atomic mass is 127. The molecule has 6 heteroatoms. The molecule has 0 saturated carbocycles. The number of nitrogens with two attached hydrogens (primary N) is 1. The lowest BCUT2D eigenvalue weighted by Gasteiger charge is -2.13. The molecule has 0 bridgehead atoms. The number of hydrogen-bond donors (Lipinski definition) is 2. The monoisotopic (exact) mass is 402 g/mol. The number of benzene rings is 2. The molecular formula is C14H15IN2O2S. The first kappa shape index (κ1) is 15.4. The largest absolute Gasteiger partial charge is 0.323 e. The van der Waals surface area contributed by atoms with Gasteiger partial charge in [-0.05, 0) is 52.4 Å². The second-order valence-corrected chi connectivity index (χ2v) is 7.34. The zero-order chi connectivity index (χ0) is 14.6. The molecule has 0 heterocycles. The van der Waals surface area contributed by atoms with E-state index in [1.54, 1.807) is 24.3 Å². The summed E-state index contributed by atoms with van der Waals surface area (Å²) in [6, 6.07) is 15.7. The van der Waals surface area contributed by atoms with Crippen LogP contribution in [0.25, 0.3) is 0 Å². The highest BCUT2D eigenvalue weighted by Gasteiger charge is 2.15. The van der Waals surface area contributed by atoms with Gasteiger partial charge in [0.2, 0.25) is 10.0 Å². The van der Waals surface area contributed by atoms with Crippen molar-refractivity contribution in [2.75, 3.05) is 6.54 Å². The van der Waals surface area contributed by atoms with Crippen LogP contribution < -0.4 is 10.5 Å². The Balaban J connectivity index is 2.04. The average Bonchev–Trinajstić information content (AvgIpc) is 2.46. The summed E-state index contributed by atoms with van der Waals surface area (Å²) in [7, 11) is -3.51. The Hall–Kier alpha value is -0.960. The van der Waals surface area contributed by atoms with E-state index in [1.807, 2.05) is 30.3 Å². The minimum atomic E-state index is -3.51. The van der Waals surface area contributed by atoms with Crippen LogP contribution in [0.4, 0.5) is 0 Å². The van der Waals surface area contributed by atoms with Crippen LogP contribution in [0.5, 0.6) is 0 Å². The molecular weight excluding hydrogens is 387 g/mol. The topological polar surface area (TPSA) is 72.2 Å². The van der Waals surface area contributed by atoms with Gasteiger partial charge in [0.25, 0.3) is 0 Å². The molecule has 0 aliphatic rings. The van der Waals surface area contributed by atoms with Gasteiger partial charge in [-0.2, -0.15) is 0 Å². The number of halogens is 1. The van der Waals surface area contributed by atoms with Gasteiger partial charge >= 0.3 is 0 Å². The summed E-state index contributed by atoms with van der Waals surface area (Å²) < 4.78 is 27.7. The maximum atomic E-state index is 12.1. The molecule has 0 aliphatic heterocycles. The van der Waals surface area contributed by atoms with E-state index in [9.17, 15) is 8.42 Å². The fourth-order valence-electron chi connectivity index (χ4n) is 1.71. The van der Waals surface area contributed by atoms with E-state index in [0.717, 1.165) is 9.13 Å². The third kappa shape index (κ3) is 4.02. The first-order chi connectivity index (χ1) is 9.49. The van der Waals surface area contributed by atoms with Crippen molar-refractivity contribution in [1.29, 1.82) is 0 Å². The summed E-state index contributed by atoms with van der Waals surface area (Å²) in [6.07, 6.45) is 0. The quantitative estimate of drug-likeness (QED) is 0.754. The van der Waals surface area contributed by atoms with E-state index in [1.165, 1.54) is 0 Å². The van der Waals surface area contributed by atoms with E-state index in [2.05, 4.69) is 27.3 Å². The molecule has 0 aromatic heterocycles. The van der Waals surface area contributed by atoms with Crippen molar-refractivity contribution >= 4 is 32.6 Å². The van der Waals surface area contributed by atoms with Crippen LogP contribution in [0.1, 0.15) is 11.6 Å². The van der Waals surface area contributed by atoms with E-state index < -0.39 is 10.0 Å². The van der Waals surface area contributed by atoms with Crippen LogP contribution in [0.3, 0.4) is 0 Å². The van der Waals surface area contributed by atoms with Crippen LogP contribution in [0.2, 0.25) is 0 Å². The van der Waals surface area contributed by atoms with Gasteiger partial charge in [-0.15, -0.1) is 0 Å². The second-order valence-electron chi connectivity index (χ2n) is 4.32. The molecule has 2 rings (SSSR count). The van der Waals surface area contributed by atoms with Gasteiger partial charge in [0.15, 0.2) is 0 Å². The van der Waals surface area contributed by atoms with Crippen molar-refractivity contribution in [2.24, 2.45) is 5.73 Å². The van der Waals surface area contributed by atoms with Gasteiger partial charge in [0.05, 0.1) is 4.90 Å². The van der Waals surface area contributed by atoms with Gasteiger partial charge in [0, 0.05) is 16.2 Å². The fraction of sp³-hybridized carbons (Fsp3) is 0.143. The van der Waals surface area contributed by atoms with Crippen molar-refractivity contribution in [3.05, 3.63) is 63.7 Å². The second kappa shape index (κ2) is 6.66. The Bertz CT molecular complexity index is 657. The molecule has 20 heavy (non-hydrogen) atoms. The predicted octanol–water partition coefficient (Wildman–Crippen LogP) is 2.27. The highest BCUT2D eigenvalue weighted by Crippen LogP contribution is 2.13. The third-order valence-corrected chi connectivity index (χ3v) is 5.00. The van der Waals surface area contributed by atoms with Crippen LogP contribution in [-0.2, 0) is 10.0 Å². The molecule has 0 radical (unpaired) electrons. The molecule has 1 unspecified atom stereocenters. The zero-order valence-electron chi connectivity index (χ0n) is 10.7. The smallest absolute Gasteiger partial charge is 0.240 e. The average molecular weight is 402 g/mol. The molecule has 3 N–H and O–H groups in total. The van der Waals surface area contributed by atoms with Crippen LogP contribution in [0, 0.1) is 3.57 Å². The van der Waals surface area contributed by atoms with Gasteiger partial charge < -0.3 is 5.73 Å². The lowest BCUT2D eigenvalue weighted by atomic mass is 10.1. The number of hydrogen-bond acceptors (Lipinski definition) is 3. The minimum Gasteiger partial charge on any atom is -0.323 e. The maximum absolute atomic E-state index is 12.1. The molecule has 0 amide bonds. The molecule has 2 aromatic carbocycles. The first-order valence-electron chi connectivity index (χ1n) is 6.05. The molecule has 4 nitrogen and oxygen atoms in total. The Labute approximate surface area is 132 Å². The summed E-state index contributed by atoms with van der Waals surface area (Å²) in [6.45, 7) is 0.165. The van der Waals surface area contributed by atoms with Gasteiger partial charge in [-0.1, -0.05) is 30.3 Å². The SMILES string of the molecule is NC(CNS(=O)(=O)c1ccc(I)cc1)c1ccccc1. The molecule has 0 aliphatic carbocycles. The lowest BCUT2D eigenvalue weighted by Crippen LogP contribution is -2.31. The fourth-order valence-corrected chi connectivity index (χ4v) is 3.13. The van der Waals surface area contributed by atoms with Crippen molar-refractivity contribution in [3.8, 4) is 0 Å². The zero-order valence-corrected chi connectivity index (χ0v) is 13.6. The van der Waals surface area contributed by atoms with Crippen LogP contribution >= 0.6 is 22.6 Å². The normalized spacial score (nSPS) is 13.1. The molecule has 1 atom stereocenters. The van der Waals surface area contributed by atoms with Gasteiger partial charge in [-0.25, -0.2) is 13.1 Å². The summed E-state index contributed by atoms with van der Waals surface area (Å²) in [4.78, 5) is 0.248. The minimum absolute atomic E-state index is 0.165. The third-order valence-electron chi connectivity index (χ3n) is 2.84. The molecule has 0 fully saturated rings. The Morgan fingerprint density at radius 1 is 1.05 bits per heavy atom. The lowest BCUT2D eigenvalue weighted by molar-refractivity contribution is 0.572. The van der Waals surface area contributed by atoms with E-state index in [0.29, 0.717) is 0 Å². The number of rotatable bonds is 5. The molecule has 106 valence electrons. The van der Waals surface area contributed by atoms with Crippen molar-refractivity contribution < 1.29 is 8.42 Å². The number of sulfonamides is 1. The summed E-state index contributed by atoms with van der Waals surface area (Å²) in [5.41, 5.74) is 6.88. The van der Waals surface area contributed by atoms with Crippen LogP contribution in [0.15, 0.2) is 59.5 Å². The van der Waals surface area contributed by atoms with Crippen LogP contribution in [-0.4, -0.2) is 15.0 Å². The van der Waals surface area contributed by atoms with Gasteiger partial charge in [-0.3, -0.25) is 0 Å². The van der Waals surface area contributed by atoms with E-state index >= 15 is 0 Å². The summed E-state index contributed by atoms with van der Waals surface area (Å²) in [5.74, 6) is 0. The molecule has 2 aromatic rings. The standard InChI is InChI=1S/C14H15IN2O2S/c15-12-6-8-13(9-7-12)20(18,19)17-10-14(16)11-4-2-1-3-5-11/h1-9,14,17H,10,16H2.